The van der Waals surface area contributed by atoms with Crippen LogP contribution in [-0.4, -0.2) is 33.3 Å². The molecule has 1 atom stereocenters. The Bertz CT molecular complexity index is 784. The summed E-state index contributed by atoms with van der Waals surface area (Å²) in [6.07, 6.45) is -2.00. The number of aromatic nitrogens is 2. The zero-order chi connectivity index (χ0) is 19.0. The van der Waals surface area contributed by atoms with Crippen LogP contribution in [0.3, 0.4) is 0 Å². The van der Waals surface area contributed by atoms with E-state index in [1.807, 2.05) is 30.3 Å². The molecule has 1 unspecified atom stereocenters. The van der Waals surface area contributed by atoms with Crippen LogP contribution in [0.4, 0.5) is 13.2 Å². The third kappa shape index (κ3) is 3.33. The van der Waals surface area contributed by atoms with Gasteiger partial charge in [-0.25, -0.2) is 4.98 Å². The van der Waals surface area contributed by atoms with E-state index in [9.17, 15) is 23.1 Å². The van der Waals surface area contributed by atoms with Crippen LogP contribution in [0.1, 0.15) is 30.7 Å². The smallest absolute Gasteiger partial charge is 0.374 e. The molecular weight excluding hydrogens is 347 g/mol. The highest BCUT2D eigenvalue weighted by atomic mass is 19.4. The Labute approximate surface area is 148 Å². The van der Waals surface area contributed by atoms with Crippen molar-refractivity contribution in [3.8, 4) is 0 Å². The zero-order valence-corrected chi connectivity index (χ0v) is 14.3. The van der Waals surface area contributed by atoms with Crippen LogP contribution in [0.5, 0.6) is 0 Å². The number of halogens is 3. The van der Waals surface area contributed by atoms with E-state index in [-0.39, 0.29) is 12.0 Å². The molecule has 0 spiro atoms. The van der Waals surface area contributed by atoms with Crippen molar-refractivity contribution in [1.82, 2.24) is 14.9 Å². The molecule has 2 N–H and O–H groups in total. The van der Waals surface area contributed by atoms with Crippen LogP contribution in [0, 0.1) is 0 Å². The number of carbonyl (C=O) groups excluding carboxylic acids is 1. The third-order valence-corrected chi connectivity index (χ3v) is 4.94. The lowest BCUT2D eigenvalue weighted by molar-refractivity contribution is -0.271. The molecule has 26 heavy (non-hydrogen) atoms. The largest absolute Gasteiger partial charge is 0.425 e. The van der Waals surface area contributed by atoms with Gasteiger partial charge in [0, 0.05) is 31.4 Å². The summed E-state index contributed by atoms with van der Waals surface area (Å²) in [6.45, 7) is 0.240. The van der Waals surface area contributed by atoms with Crippen molar-refractivity contribution in [2.24, 2.45) is 7.05 Å². The van der Waals surface area contributed by atoms with Crippen molar-refractivity contribution >= 4 is 5.91 Å². The van der Waals surface area contributed by atoms with Gasteiger partial charge in [-0.1, -0.05) is 30.3 Å². The molecule has 1 fully saturated rings. The second-order valence-electron chi connectivity index (χ2n) is 6.82. The van der Waals surface area contributed by atoms with Gasteiger partial charge in [-0.2, -0.15) is 13.2 Å². The average Bonchev–Trinajstić information content (AvgIpc) is 3.26. The van der Waals surface area contributed by atoms with Crippen molar-refractivity contribution in [3.05, 3.63) is 54.1 Å². The van der Waals surface area contributed by atoms with E-state index >= 15 is 0 Å². The number of benzene rings is 1. The molecule has 1 aliphatic rings. The molecule has 0 bridgehead atoms. The summed E-state index contributed by atoms with van der Waals surface area (Å²) in [7, 11) is 1.34. The van der Waals surface area contributed by atoms with Crippen LogP contribution in [0.2, 0.25) is 0 Å². The number of aliphatic hydroxyl groups is 1. The van der Waals surface area contributed by atoms with E-state index in [2.05, 4.69) is 10.3 Å². The first kappa shape index (κ1) is 18.4. The first-order valence-electron chi connectivity index (χ1n) is 8.27. The van der Waals surface area contributed by atoms with Gasteiger partial charge in [0.15, 0.2) is 5.82 Å². The number of hydrogen-bond acceptors (Lipinski definition) is 3. The highest BCUT2D eigenvalue weighted by molar-refractivity contribution is 5.77. The number of carbonyl (C=O) groups is 1. The van der Waals surface area contributed by atoms with Gasteiger partial charge in [-0.15, -0.1) is 0 Å². The molecule has 1 aromatic heterocycles. The number of imidazole rings is 1. The van der Waals surface area contributed by atoms with Gasteiger partial charge in [0.25, 0.3) is 0 Å². The van der Waals surface area contributed by atoms with Gasteiger partial charge < -0.3 is 15.0 Å². The van der Waals surface area contributed by atoms with Gasteiger partial charge in [-0.05, 0) is 18.4 Å². The van der Waals surface area contributed by atoms with Crippen molar-refractivity contribution in [3.63, 3.8) is 0 Å². The predicted molar refractivity (Wildman–Crippen MR) is 88.1 cm³/mol. The molecular formula is C18H20F3N3O2. The maximum Gasteiger partial charge on any atom is 0.425 e. The fourth-order valence-corrected chi connectivity index (χ4v) is 3.14. The topological polar surface area (TPSA) is 67.1 Å². The molecule has 1 saturated carbocycles. The molecule has 1 aliphatic carbocycles. The number of nitrogens with zero attached hydrogens (tertiary/aromatic N) is 2. The molecule has 8 heteroatoms. The van der Waals surface area contributed by atoms with Gasteiger partial charge in [0.05, 0.1) is 6.42 Å². The standard InChI is InChI=1S/C18H20F3N3O2/c1-24-10-9-22-15(24)17(26,18(19,20)21)11-14(25)23-12-16(7-8-16)13-5-3-2-4-6-13/h2-6,9-10,26H,7-8,11-12H2,1H3,(H,23,25). The Morgan fingerprint density at radius 3 is 2.46 bits per heavy atom. The van der Waals surface area contributed by atoms with Gasteiger partial charge >= 0.3 is 6.18 Å². The maximum absolute atomic E-state index is 13.5. The van der Waals surface area contributed by atoms with Crippen LogP contribution in [0.25, 0.3) is 0 Å². The quantitative estimate of drug-likeness (QED) is 0.824. The summed E-state index contributed by atoms with van der Waals surface area (Å²) in [5.74, 6) is -1.47. The molecule has 3 rings (SSSR count). The predicted octanol–water partition coefficient (Wildman–Crippen LogP) is 2.41. The Morgan fingerprint density at radius 1 is 1.31 bits per heavy atom. The van der Waals surface area contributed by atoms with E-state index < -0.39 is 29.9 Å². The third-order valence-electron chi connectivity index (χ3n) is 4.94. The SMILES string of the molecule is Cn1ccnc1C(O)(CC(=O)NCC1(c2ccccc2)CC1)C(F)(F)F. The molecule has 0 radical (unpaired) electrons. The molecule has 1 amide bonds. The molecule has 0 saturated heterocycles. The Morgan fingerprint density at radius 2 is 1.96 bits per heavy atom. The number of alkyl halides is 3. The van der Waals surface area contributed by atoms with Gasteiger partial charge in [-0.3, -0.25) is 4.79 Å². The first-order chi connectivity index (χ1) is 12.2. The van der Waals surface area contributed by atoms with E-state index in [1.165, 1.54) is 13.2 Å². The van der Waals surface area contributed by atoms with E-state index in [0.717, 1.165) is 29.2 Å². The minimum Gasteiger partial charge on any atom is -0.374 e. The van der Waals surface area contributed by atoms with E-state index in [4.69, 9.17) is 0 Å². The highest BCUT2D eigenvalue weighted by Crippen LogP contribution is 2.47. The summed E-state index contributed by atoms with van der Waals surface area (Å²) in [5, 5.41) is 12.8. The Kier molecular flexibility index (Phi) is 4.56. The molecule has 2 aromatic rings. The molecule has 0 aliphatic heterocycles. The summed E-state index contributed by atoms with van der Waals surface area (Å²) >= 11 is 0. The Hall–Kier alpha value is -2.35. The summed E-state index contributed by atoms with van der Waals surface area (Å²) in [5.41, 5.74) is -2.51. The number of rotatable bonds is 6. The lowest BCUT2D eigenvalue weighted by Crippen LogP contribution is -2.48. The lowest BCUT2D eigenvalue weighted by Gasteiger charge is -2.29. The minimum atomic E-state index is -5.03. The monoisotopic (exact) mass is 367 g/mol. The second kappa shape index (κ2) is 6.42. The molecule has 140 valence electrons. The van der Waals surface area contributed by atoms with Crippen molar-refractivity contribution < 1.29 is 23.1 Å². The molecule has 1 aromatic carbocycles. The summed E-state index contributed by atoms with van der Waals surface area (Å²) in [4.78, 5) is 15.8. The fourth-order valence-electron chi connectivity index (χ4n) is 3.14. The van der Waals surface area contributed by atoms with E-state index in [0.29, 0.717) is 0 Å². The van der Waals surface area contributed by atoms with Crippen molar-refractivity contribution in [2.75, 3.05) is 6.54 Å². The minimum absolute atomic E-state index is 0.226. The number of hydrogen-bond donors (Lipinski definition) is 2. The van der Waals surface area contributed by atoms with Crippen molar-refractivity contribution in [2.45, 2.75) is 36.5 Å². The number of aryl methyl sites for hydroxylation is 1. The Balaban J connectivity index is 1.71. The number of amides is 1. The van der Waals surface area contributed by atoms with Crippen LogP contribution >= 0.6 is 0 Å². The normalized spacial score (nSPS) is 18.2. The zero-order valence-electron chi connectivity index (χ0n) is 14.3. The van der Waals surface area contributed by atoms with Crippen LogP contribution in [0.15, 0.2) is 42.7 Å². The van der Waals surface area contributed by atoms with Crippen LogP contribution < -0.4 is 5.32 Å². The summed E-state index contributed by atoms with van der Waals surface area (Å²) in [6, 6.07) is 9.55. The second-order valence-corrected chi connectivity index (χ2v) is 6.82. The van der Waals surface area contributed by atoms with Crippen LogP contribution in [-0.2, 0) is 22.9 Å². The van der Waals surface area contributed by atoms with E-state index in [1.54, 1.807) is 0 Å². The number of nitrogens with one attached hydrogen (secondary N) is 1. The first-order valence-corrected chi connectivity index (χ1v) is 8.27. The van der Waals surface area contributed by atoms with Gasteiger partial charge in [0.2, 0.25) is 11.5 Å². The highest BCUT2D eigenvalue weighted by Gasteiger charge is 2.58. The van der Waals surface area contributed by atoms with Crippen molar-refractivity contribution in [1.29, 1.82) is 0 Å². The fraction of sp³-hybridized carbons (Fsp3) is 0.444. The molecule has 1 heterocycles. The summed E-state index contributed by atoms with van der Waals surface area (Å²) < 4.78 is 41.5. The van der Waals surface area contributed by atoms with Gasteiger partial charge in [0.1, 0.15) is 0 Å². The average molecular weight is 367 g/mol. The lowest BCUT2D eigenvalue weighted by atomic mass is 9.94. The maximum atomic E-state index is 13.5. The molecule has 5 nitrogen and oxygen atoms in total.